The molecular formula is C27H39ClN8O4S. The fourth-order valence-electron chi connectivity index (χ4n) is 5.21. The van der Waals surface area contributed by atoms with Gasteiger partial charge in [-0.3, -0.25) is 4.79 Å². The maximum atomic E-state index is 12.3. The van der Waals surface area contributed by atoms with Crippen molar-refractivity contribution in [3.05, 3.63) is 36.0 Å². The SMILES string of the molecule is C=CC(=O)Nc1cc(Nc2ncc(Cl)c(N[C@@H]3CCCN(S(C)(=O)=O)C3)n2)c(OC)cc1N1CCC(N(C)C)CC1. The number of hydrogen-bond acceptors (Lipinski definition) is 10. The van der Waals surface area contributed by atoms with E-state index in [1.807, 2.05) is 6.07 Å². The summed E-state index contributed by atoms with van der Waals surface area (Å²) in [4.78, 5) is 25.7. The average molecular weight is 607 g/mol. The number of carbonyl (C=O) groups excluding carboxylic acids is 1. The van der Waals surface area contributed by atoms with Crippen LogP contribution >= 0.6 is 11.6 Å². The highest BCUT2D eigenvalue weighted by molar-refractivity contribution is 7.88. The number of nitrogens with one attached hydrogen (secondary N) is 3. The first-order chi connectivity index (χ1) is 19.5. The quantitative estimate of drug-likeness (QED) is 0.346. The molecule has 0 bridgehead atoms. The smallest absolute Gasteiger partial charge is 0.247 e. The number of ether oxygens (including phenoxy) is 1. The highest BCUT2D eigenvalue weighted by Gasteiger charge is 2.27. The summed E-state index contributed by atoms with van der Waals surface area (Å²) >= 11 is 6.40. The van der Waals surface area contributed by atoms with E-state index in [1.165, 1.54) is 22.8 Å². The van der Waals surface area contributed by atoms with Crippen LogP contribution in [0.1, 0.15) is 25.7 Å². The van der Waals surface area contributed by atoms with Crippen LogP contribution in [-0.4, -0.2) is 99.2 Å². The van der Waals surface area contributed by atoms with Gasteiger partial charge in [0.2, 0.25) is 21.9 Å². The highest BCUT2D eigenvalue weighted by Crippen LogP contribution is 2.39. The number of sulfonamides is 1. The number of rotatable bonds is 10. The number of aromatic nitrogens is 2. The van der Waals surface area contributed by atoms with Gasteiger partial charge in [-0.2, -0.15) is 4.98 Å². The van der Waals surface area contributed by atoms with E-state index in [1.54, 1.807) is 13.2 Å². The Morgan fingerprint density at radius 3 is 2.56 bits per heavy atom. The number of amides is 1. The van der Waals surface area contributed by atoms with Gasteiger partial charge in [0, 0.05) is 44.3 Å². The largest absolute Gasteiger partial charge is 0.494 e. The molecule has 2 aliphatic heterocycles. The van der Waals surface area contributed by atoms with Crippen LogP contribution in [0.15, 0.2) is 31.0 Å². The van der Waals surface area contributed by atoms with Gasteiger partial charge in [-0.1, -0.05) is 18.2 Å². The van der Waals surface area contributed by atoms with Gasteiger partial charge in [-0.05, 0) is 51.9 Å². The second-order valence-corrected chi connectivity index (χ2v) is 13.0. The number of anilines is 5. The van der Waals surface area contributed by atoms with Gasteiger partial charge in [-0.25, -0.2) is 17.7 Å². The molecule has 4 rings (SSSR count). The number of hydrogen-bond donors (Lipinski definition) is 3. The van der Waals surface area contributed by atoms with Crippen molar-refractivity contribution in [1.29, 1.82) is 0 Å². The zero-order valence-corrected chi connectivity index (χ0v) is 25.6. The standard InChI is InChI=1S/C27H39ClN8O4S/c1-6-25(37)31-21-14-22(24(40-4)15-23(21)35-12-9-19(10-13-35)34(2)3)32-27-29-16-20(28)26(33-27)30-18-8-7-11-36(17-18)41(5,38)39/h6,14-16,18-19H,1,7-13,17H2,2-5H3,(H,31,37)(H2,29,30,32,33)/t18-/m1/s1. The molecule has 0 spiro atoms. The second kappa shape index (κ2) is 13.2. The monoisotopic (exact) mass is 606 g/mol. The zero-order valence-electron chi connectivity index (χ0n) is 24.0. The van der Waals surface area contributed by atoms with Crippen LogP contribution in [-0.2, 0) is 14.8 Å². The van der Waals surface area contributed by atoms with E-state index >= 15 is 0 Å². The summed E-state index contributed by atoms with van der Waals surface area (Å²) in [6.07, 6.45) is 7.44. The van der Waals surface area contributed by atoms with Crippen LogP contribution in [0.3, 0.4) is 0 Å². The predicted molar refractivity (Wildman–Crippen MR) is 164 cm³/mol. The summed E-state index contributed by atoms with van der Waals surface area (Å²) in [5.41, 5.74) is 2.01. The molecule has 1 aromatic carbocycles. The molecule has 41 heavy (non-hydrogen) atoms. The molecule has 14 heteroatoms. The van der Waals surface area contributed by atoms with Crippen molar-refractivity contribution in [2.75, 3.05) is 74.5 Å². The summed E-state index contributed by atoms with van der Waals surface area (Å²) in [5.74, 6) is 0.876. The molecule has 2 saturated heterocycles. The van der Waals surface area contributed by atoms with Crippen LogP contribution in [0, 0.1) is 0 Å². The normalized spacial score (nSPS) is 18.7. The van der Waals surface area contributed by atoms with Gasteiger partial charge in [-0.15, -0.1) is 0 Å². The van der Waals surface area contributed by atoms with E-state index in [9.17, 15) is 13.2 Å². The van der Waals surface area contributed by atoms with Crippen LogP contribution in [0.5, 0.6) is 5.75 Å². The minimum absolute atomic E-state index is 0.148. The highest BCUT2D eigenvalue weighted by atomic mass is 35.5. The van der Waals surface area contributed by atoms with Crippen LogP contribution < -0.4 is 25.6 Å². The van der Waals surface area contributed by atoms with E-state index in [0.717, 1.165) is 44.5 Å². The summed E-state index contributed by atoms with van der Waals surface area (Å²) in [6.45, 7) is 6.09. The minimum Gasteiger partial charge on any atom is -0.494 e. The lowest BCUT2D eigenvalue weighted by molar-refractivity contribution is -0.111. The first-order valence-corrected chi connectivity index (χ1v) is 15.8. The van der Waals surface area contributed by atoms with Crippen molar-refractivity contribution < 1.29 is 17.9 Å². The summed E-state index contributed by atoms with van der Waals surface area (Å²) < 4.78 is 31.3. The number of carbonyl (C=O) groups is 1. The number of benzene rings is 1. The lowest BCUT2D eigenvalue weighted by Gasteiger charge is -2.37. The van der Waals surface area contributed by atoms with Gasteiger partial charge in [0.1, 0.15) is 10.8 Å². The van der Waals surface area contributed by atoms with Gasteiger partial charge < -0.3 is 30.5 Å². The lowest BCUT2D eigenvalue weighted by atomic mass is 10.0. The molecule has 2 aromatic rings. The van der Waals surface area contributed by atoms with Gasteiger partial charge in [0.15, 0.2) is 5.82 Å². The topological polar surface area (TPSA) is 132 Å². The Labute approximate surface area is 247 Å². The lowest BCUT2D eigenvalue weighted by Crippen LogP contribution is -2.44. The number of nitrogens with zero attached hydrogens (tertiary/aromatic N) is 5. The van der Waals surface area contributed by atoms with Crippen molar-refractivity contribution in [2.45, 2.75) is 37.8 Å². The van der Waals surface area contributed by atoms with E-state index in [4.69, 9.17) is 16.3 Å². The molecule has 0 aliphatic carbocycles. The minimum atomic E-state index is -3.29. The van der Waals surface area contributed by atoms with Crippen molar-refractivity contribution >= 4 is 56.4 Å². The molecular weight excluding hydrogens is 568 g/mol. The molecule has 1 aromatic heterocycles. The van der Waals surface area contributed by atoms with E-state index in [0.29, 0.717) is 47.1 Å². The zero-order chi connectivity index (χ0) is 29.7. The molecule has 0 radical (unpaired) electrons. The van der Waals surface area contributed by atoms with Crippen molar-refractivity contribution in [3.63, 3.8) is 0 Å². The first kappa shape index (κ1) is 30.8. The van der Waals surface area contributed by atoms with Crippen LogP contribution in [0.2, 0.25) is 5.02 Å². The fraction of sp³-hybridized carbons (Fsp3) is 0.519. The maximum Gasteiger partial charge on any atom is 0.247 e. The first-order valence-electron chi connectivity index (χ1n) is 13.6. The van der Waals surface area contributed by atoms with Gasteiger partial charge in [0.05, 0.1) is 36.6 Å². The van der Waals surface area contributed by atoms with Gasteiger partial charge in [0.25, 0.3) is 0 Å². The Kier molecular flexibility index (Phi) is 9.95. The fourth-order valence-corrected chi connectivity index (χ4v) is 6.27. The number of piperidine rings is 2. The summed E-state index contributed by atoms with van der Waals surface area (Å²) in [5, 5.41) is 9.71. The predicted octanol–water partition coefficient (Wildman–Crippen LogP) is 3.37. The molecule has 3 heterocycles. The third-order valence-corrected chi connectivity index (χ3v) is 9.03. The number of halogens is 1. The van der Waals surface area contributed by atoms with Crippen molar-refractivity contribution in [2.24, 2.45) is 0 Å². The Bertz CT molecular complexity index is 1370. The molecule has 1 amide bonds. The molecule has 2 fully saturated rings. The van der Waals surface area contributed by atoms with E-state index in [-0.39, 0.29) is 17.9 Å². The molecule has 2 aliphatic rings. The number of methoxy groups -OCH3 is 1. The maximum absolute atomic E-state index is 12.3. The third-order valence-electron chi connectivity index (χ3n) is 7.48. The van der Waals surface area contributed by atoms with Crippen molar-refractivity contribution in [1.82, 2.24) is 19.2 Å². The van der Waals surface area contributed by atoms with E-state index in [2.05, 4.69) is 56.4 Å². The Hall–Kier alpha value is -3.13. The summed E-state index contributed by atoms with van der Waals surface area (Å²) in [6, 6.07) is 4.05. The Morgan fingerprint density at radius 2 is 1.93 bits per heavy atom. The third kappa shape index (κ3) is 7.79. The molecule has 12 nitrogen and oxygen atoms in total. The van der Waals surface area contributed by atoms with Crippen molar-refractivity contribution in [3.8, 4) is 5.75 Å². The average Bonchev–Trinajstić information content (AvgIpc) is 2.94. The Morgan fingerprint density at radius 1 is 1.20 bits per heavy atom. The van der Waals surface area contributed by atoms with Crippen LogP contribution in [0.25, 0.3) is 0 Å². The van der Waals surface area contributed by atoms with E-state index < -0.39 is 10.0 Å². The molecule has 224 valence electrons. The Balaban J connectivity index is 1.59. The second-order valence-electron chi connectivity index (χ2n) is 10.6. The van der Waals surface area contributed by atoms with Crippen LogP contribution in [0.4, 0.5) is 28.8 Å². The summed E-state index contributed by atoms with van der Waals surface area (Å²) in [7, 11) is 2.48. The van der Waals surface area contributed by atoms with Gasteiger partial charge >= 0.3 is 0 Å². The molecule has 0 unspecified atom stereocenters. The molecule has 3 N–H and O–H groups in total. The molecule has 1 atom stereocenters. The molecule has 0 saturated carbocycles.